The molecule has 0 aliphatic rings. The van der Waals surface area contributed by atoms with Crippen molar-refractivity contribution in [2.24, 2.45) is 5.73 Å². The molecule has 0 aromatic carbocycles. The van der Waals surface area contributed by atoms with Gasteiger partial charge in [0.2, 0.25) is 5.91 Å². The first-order chi connectivity index (χ1) is 7.02. The van der Waals surface area contributed by atoms with Crippen LogP contribution < -0.4 is 11.1 Å². The number of hydrogen-bond acceptors (Lipinski definition) is 5. The maximum Gasteiger partial charge on any atom is 0.326 e. The number of carboxylic acids is 1. The largest absolute Gasteiger partial charge is 0.480 e. The standard InChI is InChI=1S/C8H16N2O5/c1-15-4-5(9)7(12)10-6(2-3-11)8(13)14/h5-6,11H,2-4,9H2,1H3,(H,10,12)(H,13,14). The van der Waals surface area contributed by atoms with Crippen LogP contribution in [0.1, 0.15) is 6.42 Å². The number of carbonyl (C=O) groups excluding carboxylic acids is 1. The lowest BCUT2D eigenvalue weighted by Gasteiger charge is -2.16. The summed E-state index contributed by atoms with van der Waals surface area (Å²) in [6.45, 7) is -0.311. The Hall–Kier alpha value is -1.18. The lowest BCUT2D eigenvalue weighted by atomic mass is 10.2. The summed E-state index contributed by atoms with van der Waals surface area (Å²) in [5.74, 6) is -1.82. The summed E-state index contributed by atoms with van der Waals surface area (Å²) in [7, 11) is 1.38. The molecule has 0 fully saturated rings. The molecule has 0 heterocycles. The summed E-state index contributed by atoms with van der Waals surface area (Å²) in [5, 5.41) is 19.4. The zero-order chi connectivity index (χ0) is 11.8. The first kappa shape index (κ1) is 13.8. The van der Waals surface area contributed by atoms with Gasteiger partial charge in [-0.1, -0.05) is 0 Å². The molecule has 2 atom stereocenters. The van der Waals surface area contributed by atoms with Gasteiger partial charge in [-0.3, -0.25) is 4.79 Å². The van der Waals surface area contributed by atoms with Gasteiger partial charge in [0.25, 0.3) is 0 Å². The van der Waals surface area contributed by atoms with E-state index in [4.69, 9.17) is 15.9 Å². The summed E-state index contributed by atoms with van der Waals surface area (Å²) in [5.41, 5.74) is 5.38. The Kier molecular flexibility index (Phi) is 6.59. The van der Waals surface area contributed by atoms with Crippen molar-refractivity contribution in [1.82, 2.24) is 5.32 Å². The minimum absolute atomic E-state index is 0.0112. The second-order valence-corrected chi connectivity index (χ2v) is 2.97. The molecule has 5 N–H and O–H groups in total. The molecule has 0 aromatic rings. The van der Waals surface area contributed by atoms with E-state index in [1.54, 1.807) is 0 Å². The maximum atomic E-state index is 11.3. The van der Waals surface area contributed by atoms with Gasteiger partial charge < -0.3 is 26.0 Å². The van der Waals surface area contributed by atoms with Crippen LogP contribution >= 0.6 is 0 Å². The third kappa shape index (κ3) is 5.31. The fraction of sp³-hybridized carbons (Fsp3) is 0.750. The average Bonchev–Trinajstić information content (AvgIpc) is 2.17. The summed E-state index contributed by atoms with van der Waals surface area (Å²) in [4.78, 5) is 21.9. The Morgan fingerprint density at radius 2 is 2.13 bits per heavy atom. The quantitative estimate of drug-likeness (QED) is 0.390. The van der Waals surface area contributed by atoms with E-state index < -0.39 is 24.0 Å². The van der Waals surface area contributed by atoms with Crippen LogP contribution in [0.25, 0.3) is 0 Å². The number of aliphatic carboxylic acids is 1. The highest BCUT2D eigenvalue weighted by Gasteiger charge is 2.22. The molecule has 0 saturated heterocycles. The van der Waals surface area contributed by atoms with Gasteiger partial charge in [-0.25, -0.2) is 4.79 Å². The zero-order valence-corrected chi connectivity index (χ0v) is 8.47. The van der Waals surface area contributed by atoms with Crippen LogP contribution in [0.2, 0.25) is 0 Å². The van der Waals surface area contributed by atoms with Gasteiger partial charge in [-0.05, 0) is 0 Å². The first-order valence-electron chi connectivity index (χ1n) is 4.41. The Labute approximate surface area is 87.2 Å². The van der Waals surface area contributed by atoms with Crippen molar-refractivity contribution in [3.8, 4) is 0 Å². The van der Waals surface area contributed by atoms with E-state index >= 15 is 0 Å². The molecule has 0 rings (SSSR count). The molecule has 1 amide bonds. The summed E-state index contributed by atoms with van der Waals surface area (Å²) >= 11 is 0. The highest BCUT2D eigenvalue weighted by molar-refractivity contribution is 5.86. The predicted molar refractivity (Wildman–Crippen MR) is 51.1 cm³/mol. The van der Waals surface area contributed by atoms with Crippen molar-refractivity contribution in [1.29, 1.82) is 0 Å². The third-order valence-corrected chi connectivity index (χ3v) is 1.72. The molecule has 0 aromatic heterocycles. The Bertz CT molecular complexity index is 221. The van der Waals surface area contributed by atoms with Crippen LogP contribution in [0.3, 0.4) is 0 Å². The number of hydrogen-bond donors (Lipinski definition) is 4. The number of amides is 1. The summed E-state index contributed by atoms with van der Waals surface area (Å²) in [6, 6.07) is -2.03. The summed E-state index contributed by atoms with van der Waals surface area (Å²) in [6.07, 6.45) is -0.0548. The lowest BCUT2D eigenvalue weighted by molar-refractivity contribution is -0.142. The molecule has 0 aliphatic carbocycles. The average molecular weight is 220 g/mol. The monoisotopic (exact) mass is 220 g/mol. The van der Waals surface area contributed by atoms with Crippen molar-refractivity contribution in [3.05, 3.63) is 0 Å². The molecule has 2 unspecified atom stereocenters. The number of methoxy groups -OCH3 is 1. The predicted octanol–water partition coefficient (Wildman–Crippen LogP) is -2.09. The Morgan fingerprint density at radius 3 is 2.53 bits per heavy atom. The van der Waals surface area contributed by atoms with E-state index in [-0.39, 0.29) is 19.6 Å². The smallest absolute Gasteiger partial charge is 0.326 e. The molecule has 0 aliphatic heterocycles. The Morgan fingerprint density at radius 1 is 1.53 bits per heavy atom. The van der Waals surface area contributed by atoms with E-state index in [2.05, 4.69) is 10.1 Å². The highest BCUT2D eigenvalue weighted by atomic mass is 16.5. The number of carbonyl (C=O) groups is 2. The minimum Gasteiger partial charge on any atom is -0.480 e. The molecule has 88 valence electrons. The molecule has 7 nitrogen and oxygen atoms in total. The Balaban J connectivity index is 4.15. The van der Waals surface area contributed by atoms with Crippen molar-refractivity contribution in [2.45, 2.75) is 18.5 Å². The second kappa shape index (κ2) is 7.16. The normalized spacial score (nSPS) is 14.3. The first-order valence-corrected chi connectivity index (χ1v) is 4.41. The minimum atomic E-state index is -1.21. The summed E-state index contributed by atoms with van der Waals surface area (Å²) < 4.78 is 4.64. The number of carboxylic acid groups (broad SMARTS) is 1. The van der Waals surface area contributed by atoms with Crippen molar-refractivity contribution in [3.63, 3.8) is 0 Å². The number of ether oxygens (including phenoxy) is 1. The number of rotatable bonds is 7. The van der Waals surface area contributed by atoms with Gasteiger partial charge in [0.15, 0.2) is 0 Å². The van der Waals surface area contributed by atoms with Crippen LogP contribution in [0, 0.1) is 0 Å². The molecule has 0 saturated carbocycles. The third-order valence-electron chi connectivity index (χ3n) is 1.72. The SMILES string of the molecule is COCC(N)C(=O)NC(CCO)C(=O)O. The van der Waals surface area contributed by atoms with Crippen LogP contribution in [0.5, 0.6) is 0 Å². The molecular formula is C8H16N2O5. The second-order valence-electron chi connectivity index (χ2n) is 2.97. The van der Waals surface area contributed by atoms with E-state index in [9.17, 15) is 9.59 Å². The van der Waals surface area contributed by atoms with Gasteiger partial charge in [0.1, 0.15) is 12.1 Å². The highest BCUT2D eigenvalue weighted by Crippen LogP contribution is 1.92. The number of nitrogens with two attached hydrogens (primary N) is 1. The molecule has 0 spiro atoms. The van der Waals surface area contributed by atoms with E-state index in [0.29, 0.717) is 0 Å². The van der Waals surface area contributed by atoms with Gasteiger partial charge in [0, 0.05) is 20.1 Å². The van der Waals surface area contributed by atoms with E-state index in [1.807, 2.05) is 0 Å². The molecule has 0 radical (unpaired) electrons. The van der Waals surface area contributed by atoms with Crippen molar-refractivity contribution >= 4 is 11.9 Å². The van der Waals surface area contributed by atoms with Crippen LogP contribution in [-0.4, -0.2) is 54.5 Å². The fourth-order valence-corrected chi connectivity index (χ4v) is 0.920. The fourth-order valence-electron chi connectivity index (χ4n) is 0.920. The molecule has 7 heteroatoms. The van der Waals surface area contributed by atoms with Crippen LogP contribution in [-0.2, 0) is 14.3 Å². The zero-order valence-electron chi connectivity index (χ0n) is 8.47. The molecule has 15 heavy (non-hydrogen) atoms. The van der Waals surface area contributed by atoms with E-state index in [0.717, 1.165) is 0 Å². The topological polar surface area (TPSA) is 122 Å². The number of nitrogens with one attached hydrogen (secondary N) is 1. The van der Waals surface area contributed by atoms with Gasteiger partial charge in [0.05, 0.1) is 6.61 Å². The number of aliphatic hydroxyl groups is 1. The lowest BCUT2D eigenvalue weighted by Crippen LogP contribution is -2.50. The van der Waals surface area contributed by atoms with Crippen LogP contribution in [0.15, 0.2) is 0 Å². The van der Waals surface area contributed by atoms with Gasteiger partial charge in [-0.2, -0.15) is 0 Å². The van der Waals surface area contributed by atoms with Gasteiger partial charge >= 0.3 is 5.97 Å². The number of aliphatic hydroxyl groups excluding tert-OH is 1. The van der Waals surface area contributed by atoms with Crippen molar-refractivity contribution in [2.75, 3.05) is 20.3 Å². The molecular weight excluding hydrogens is 204 g/mol. The van der Waals surface area contributed by atoms with E-state index in [1.165, 1.54) is 7.11 Å². The van der Waals surface area contributed by atoms with Crippen molar-refractivity contribution < 1.29 is 24.5 Å². The van der Waals surface area contributed by atoms with Gasteiger partial charge in [-0.15, -0.1) is 0 Å². The maximum absolute atomic E-state index is 11.3. The molecule has 0 bridgehead atoms. The van der Waals surface area contributed by atoms with Crippen LogP contribution in [0.4, 0.5) is 0 Å².